The number of piperidine rings is 1. The molecule has 4 aromatic rings. The van der Waals surface area contributed by atoms with Crippen molar-refractivity contribution in [3.05, 3.63) is 65.9 Å². The summed E-state index contributed by atoms with van der Waals surface area (Å²) in [7, 11) is -2.12. The monoisotopic (exact) mass is 559 g/mol. The summed E-state index contributed by atoms with van der Waals surface area (Å²) in [6.07, 6.45) is 4.40. The first-order chi connectivity index (χ1) is 17.9. The van der Waals surface area contributed by atoms with Gasteiger partial charge in [-0.1, -0.05) is 29.0 Å². The Bertz CT molecular complexity index is 1480. The van der Waals surface area contributed by atoms with Crippen molar-refractivity contribution in [2.75, 3.05) is 31.6 Å². The third kappa shape index (κ3) is 5.35. The Morgan fingerprint density at radius 3 is 2.57 bits per heavy atom. The van der Waals surface area contributed by atoms with Gasteiger partial charge in [-0.15, -0.1) is 0 Å². The Labute approximate surface area is 224 Å². The van der Waals surface area contributed by atoms with E-state index < -0.39 is 10.0 Å². The largest absolute Gasteiger partial charge is 0.497 e. The topological polar surface area (TPSA) is 97.6 Å². The van der Waals surface area contributed by atoms with Gasteiger partial charge in [-0.2, -0.15) is 9.40 Å². The van der Waals surface area contributed by atoms with Crippen molar-refractivity contribution in [2.24, 2.45) is 5.92 Å². The van der Waals surface area contributed by atoms with Gasteiger partial charge in [-0.05, 0) is 55.3 Å². The molecule has 3 heterocycles. The second kappa shape index (κ2) is 10.8. The molecule has 9 nitrogen and oxygen atoms in total. The van der Waals surface area contributed by atoms with E-state index >= 15 is 0 Å². The zero-order valence-electron chi connectivity index (χ0n) is 20.2. The first kappa shape index (κ1) is 25.7. The number of halogens is 1. The maximum atomic E-state index is 13.8. The molecule has 1 saturated heterocycles. The van der Waals surface area contributed by atoms with E-state index in [0.717, 1.165) is 4.70 Å². The van der Waals surface area contributed by atoms with E-state index in [-0.39, 0.29) is 29.8 Å². The molecule has 0 saturated carbocycles. The van der Waals surface area contributed by atoms with Crippen LogP contribution in [0.1, 0.15) is 12.8 Å². The number of benzene rings is 2. The highest BCUT2D eigenvalue weighted by molar-refractivity contribution is 7.89. The summed E-state index contributed by atoms with van der Waals surface area (Å²) >= 11 is 7.76. The van der Waals surface area contributed by atoms with Crippen LogP contribution in [-0.2, 0) is 21.4 Å². The van der Waals surface area contributed by atoms with E-state index in [9.17, 15) is 13.2 Å². The summed E-state index contributed by atoms with van der Waals surface area (Å²) in [6.45, 7) is 1.43. The third-order valence-electron chi connectivity index (χ3n) is 6.47. The van der Waals surface area contributed by atoms with E-state index in [1.54, 1.807) is 46.1 Å². The molecule has 37 heavy (non-hydrogen) atoms. The quantitative estimate of drug-likeness (QED) is 0.319. The standard InChI is InChI=1S/C25H26ClN5O4S2/c1-35-19-6-8-20(9-7-19)37(33,34)30-14-10-18(11-15-30)24(32)31(17-16-29-13-3-12-27-29)25-28-23-21(26)4-2-5-22(23)36-25/h2-9,12-13,18H,10-11,14-17H2,1H3. The molecule has 0 aliphatic carbocycles. The molecule has 12 heteroatoms. The van der Waals surface area contributed by atoms with Crippen molar-refractivity contribution in [2.45, 2.75) is 24.3 Å². The molecule has 0 atom stereocenters. The summed E-state index contributed by atoms with van der Waals surface area (Å²) in [6, 6.07) is 13.8. The maximum absolute atomic E-state index is 13.8. The van der Waals surface area contributed by atoms with Gasteiger partial charge in [-0.3, -0.25) is 14.4 Å². The Morgan fingerprint density at radius 1 is 1.16 bits per heavy atom. The highest BCUT2D eigenvalue weighted by atomic mass is 35.5. The second-order valence-corrected chi connectivity index (χ2v) is 12.1. The number of ether oxygens (including phenoxy) is 1. The normalized spacial score (nSPS) is 15.2. The van der Waals surface area contributed by atoms with Crippen LogP contribution in [0.4, 0.5) is 5.13 Å². The van der Waals surface area contributed by atoms with Gasteiger partial charge in [0, 0.05) is 37.9 Å². The molecule has 2 aromatic heterocycles. The number of para-hydroxylation sites is 1. The highest BCUT2D eigenvalue weighted by Crippen LogP contribution is 2.34. The number of rotatable bonds is 8. The minimum Gasteiger partial charge on any atom is -0.497 e. The van der Waals surface area contributed by atoms with Crippen LogP contribution in [0, 0.1) is 5.92 Å². The number of aromatic nitrogens is 3. The van der Waals surface area contributed by atoms with Gasteiger partial charge in [0.05, 0.1) is 28.3 Å². The molecule has 0 unspecified atom stereocenters. The van der Waals surface area contributed by atoms with Gasteiger partial charge in [0.15, 0.2) is 5.13 Å². The summed E-state index contributed by atoms with van der Waals surface area (Å²) in [5.74, 6) is 0.209. The molecule has 2 aromatic carbocycles. The Balaban J connectivity index is 1.33. The zero-order chi connectivity index (χ0) is 26.0. The van der Waals surface area contributed by atoms with Crippen molar-refractivity contribution in [3.8, 4) is 5.75 Å². The molecular weight excluding hydrogens is 534 g/mol. The average molecular weight is 560 g/mol. The van der Waals surface area contributed by atoms with Crippen LogP contribution in [0.2, 0.25) is 5.02 Å². The zero-order valence-corrected chi connectivity index (χ0v) is 22.5. The number of fused-ring (bicyclic) bond motifs is 1. The van der Waals surface area contributed by atoms with E-state index in [4.69, 9.17) is 16.3 Å². The number of thiazole rings is 1. The van der Waals surface area contributed by atoms with Crippen molar-refractivity contribution in [1.82, 2.24) is 19.1 Å². The second-order valence-electron chi connectivity index (χ2n) is 8.70. The number of sulfonamides is 1. The van der Waals surface area contributed by atoms with Gasteiger partial charge in [0.2, 0.25) is 15.9 Å². The summed E-state index contributed by atoms with van der Waals surface area (Å²) in [4.78, 5) is 20.4. The summed E-state index contributed by atoms with van der Waals surface area (Å²) in [5.41, 5.74) is 0.668. The van der Waals surface area contributed by atoms with Crippen LogP contribution in [0.3, 0.4) is 0 Å². The van der Waals surface area contributed by atoms with Crippen LogP contribution >= 0.6 is 22.9 Å². The van der Waals surface area contributed by atoms with Gasteiger partial charge in [0.25, 0.3) is 0 Å². The fourth-order valence-electron chi connectivity index (χ4n) is 4.41. The van der Waals surface area contributed by atoms with Gasteiger partial charge >= 0.3 is 0 Å². The average Bonchev–Trinajstić information content (AvgIpc) is 3.60. The first-order valence-electron chi connectivity index (χ1n) is 11.8. The highest BCUT2D eigenvalue weighted by Gasteiger charge is 2.35. The molecule has 5 rings (SSSR count). The van der Waals surface area contributed by atoms with Gasteiger partial charge in [0.1, 0.15) is 11.3 Å². The van der Waals surface area contributed by atoms with Gasteiger partial charge in [-0.25, -0.2) is 13.4 Å². The van der Waals surface area contributed by atoms with E-state index in [1.165, 1.54) is 22.8 Å². The molecule has 0 radical (unpaired) electrons. The predicted molar refractivity (Wildman–Crippen MR) is 144 cm³/mol. The molecule has 1 fully saturated rings. The Kier molecular flexibility index (Phi) is 7.47. The molecule has 0 N–H and O–H groups in total. The van der Waals surface area contributed by atoms with Crippen molar-refractivity contribution in [1.29, 1.82) is 0 Å². The Hall–Kier alpha value is -2.99. The lowest BCUT2D eigenvalue weighted by atomic mass is 9.96. The van der Waals surface area contributed by atoms with Crippen LogP contribution < -0.4 is 9.64 Å². The smallest absolute Gasteiger partial charge is 0.243 e. The lowest BCUT2D eigenvalue weighted by molar-refractivity contribution is -0.123. The summed E-state index contributed by atoms with van der Waals surface area (Å²) in [5, 5.41) is 5.36. The van der Waals surface area contributed by atoms with Crippen LogP contribution in [-0.4, -0.2) is 60.1 Å². The molecule has 194 valence electrons. The molecular formula is C25H26ClN5O4S2. The molecule has 1 aliphatic rings. The van der Waals surface area contributed by atoms with Crippen molar-refractivity contribution < 1.29 is 17.9 Å². The minimum absolute atomic E-state index is 0.0659. The number of methoxy groups -OCH3 is 1. The number of nitrogens with zero attached hydrogens (tertiary/aromatic N) is 5. The fourth-order valence-corrected chi connectivity index (χ4v) is 7.18. The lowest BCUT2D eigenvalue weighted by Gasteiger charge is -2.33. The van der Waals surface area contributed by atoms with Gasteiger partial charge < -0.3 is 4.74 Å². The minimum atomic E-state index is -3.65. The Morgan fingerprint density at radius 2 is 1.92 bits per heavy atom. The number of anilines is 1. The predicted octanol–water partition coefficient (Wildman–Crippen LogP) is 4.29. The SMILES string of the molecule is COc1ccc(S(=O)(=O)N2CCC(C(=O)N(CCn3cccn3)c3nc4c(Cl)cccc4s3)CC2)cc1. The van der Waals surface area contributed by atoms with E-state index in [0.29, 0.717) is 47.4 Å². The summed E-state index contributed by atoms with van der Waals surface area (Å²) < 4.78 is 35.5. The number of hydrogen-bond donors (Lipinski definition) is 0. The third-order valence-corrected chi connectivity index (χ3v) is 9.73. The first-order valence-corrected chi connectivity index (χ1v) is 14.5. The van der Waals surface area contributed by atoms with Crippen LogP contribution in [0.25, 0.3) is 10.2 Å². The molecule has 0 spiro atoms. The van der Waals surface area contributed by atoms with Crippen molar-refractivity contribution in [3.63, 3.8) is 0 Å². The maximum Gasteiger partial charge on any atom is 0.243 e. The molecule has 1 amide bonds. The van der Waals surface area contributed by atoms with Crippen LogP contribution in [0.15, 0.2) is 65.8 Å². The van der Waals surface area contributed by atoms with E-state index in [2.05, 4.69) is 10.1 Å². The molecule has 1 aliphatic heterocycles. The fraction of sp³-hybridized carbons (Fsp3) is 0.320. The number of amides is 1. The van der Waals surface area contributed by atoms with Crippen LogP contribution in [0.5, 0.6) is 5.75 Å². The lowest BCUT2D eigenvalue weighted by Crippen LogP contribution is -2.45. The number of carbonyl (C=O) groups is 1. The number of hydrogen-bond acceptors (Lipinski definition) is 7. The molecule has 0 bridgehead atoms. The number of carbonyl (C=O) groups excluding carboxylic acids is 1. The van der Waals surface area contributed by atoms with E-state index in [1.807, 2.05) is 24.4 Å². The van der Waals surface area contributed by atoms with Crippen molar-refractivity contribution >= 4 is 54.2 Å².